The third-order valence-electron chi connectivity index (χ3n) is 3.75. The summed E-state index contributed by atoms with van der Waals surface area (Å²) < 4.78 is 45.8. The van der Waals surface area contributed by atoms with Crippen molar-refractivity contribution in [2.24, 2.45) is 0 Å². The minimum Gasteiger partial charge on any atom is -0.495 e. The standard InChI is InChI=1S/C17H19FN2O3S/c1-23-17-8-7-15(24(21,22)20-14-5-6-14)10-16(17)19-11-12-3-2-4-13(18)9-12/h2-4,7-10,14,19-20H,5-6,11H2,1H3. The minimum atomic E-state index is -3.54. The molecule has 24 heavy (non-hydrogen) atoms. The fourth-order valence-corrected chi connectivity index (χ4v) is 3.66. The summed E-state index contributed by atoms with van der Waals surface area (Å²) in [4.78, 5) is 0.178. The molecule has 0 bridgehead atoms. The van der Waals surface area contributed by atoms with Gasteiger partial charge in [0.25, 0.3) is 0 Å². The van der Waals surface area contributed by atoms with Crippen molar-refractivity contribution in [1.82, 2.24) is 4.72 Å². The highest BCUT2D eigenvalue weighted by Gasteiger charge is 2.28. The molecule has 1 aliphatic rings. The molecule has 7 heteroatoms. The van der Waals surface area contributed by atoms with Gasteiger partial charge in [0.2, 0.25) is 10.0 Å². The van der Waals surface area contributed by atoms with Crippen molar-refractivity contribution < 1.29 is 17.5 Å². The Kier molecular flexibility index (Phi) is 4.73. The van der Waals surface area contributed by atoms with Gasteiger partial charge in [-0.1, -0.05) is 12.1 Å². The molecule has 0 heterocycles. The average molecular weight is 350 g/mol. The molecule has 1 aliphatic carbocycles. The summed E-state index contributed by atoms with van der Waals surface area (Å²) in [5.41, 5.74) is 1.29. The summed E-state index contributed by atoms with van der Waals surface area (Å²) in [6, 6.07) is 10.9. The van der Waals surface area contributed by atoms with Gasteiger partial charge in [0.1, 0.15) is 11.6 Å². The third kappa shape index (κ3) is 4.04. The second-order valence-electron chi connectivity index (χ2n) is 5.74. The second kappa shape index (κ2) is 6.78. The third-order valence-corrected chi connectivity index (χ3v) is 5.27. The molecule has 0 aromatic heterocycles. The maximum atomic E-state index is 13.2. The largest absolute Gasteiger partial charge is 0.495 e. The summed E-state index contributed by atoms with van der Waals surface area (Å²) in [6.45, 7) is 0.355. The van der Waals surface area contributed by atoms with Crippen LogP contribution >= 0.6 is 0 Å². The zero-order valence-electron chi connectivity index (χ0n) is 13.3. The number of rotatable bonds is 7. The summed E-state index contributed by atoms with van der Waals surface area (Å²) in [5.74, 6) is 0.211. The quantitative estimate of drug-likeness (QED) is 0.806. The molecule has 0 radical (unpaired) electrons. The number of halogens is 1. The molecule has 0 aliphatic heterocycles. The number of benzene rings is 2. The Bertz CT molecular complexity index is 835. The first-order chi connectivity index (χ1) is 11.5. The van der Waals surface area contributed by atoms with Crippen LogP contribution < -0.4 is 14.8 Å². The van der Waals surface area contributed by atoms with E-state index in [2.05, 4.69) is 10.0 Å². The van der Waals surface area contributed by atoms with Gasteiger partial charge in [-0.2, -0.15) is 0 Å². The van der Waals surface area contributed by atoms with Gasteiger partial charge < -0.3 is 10.1 Å². The van der Waals surface area contributed by atoms with Crippen molar-refractivity contribution in [2.45, 2.75) is 30.3 Å². The fourth-order valence-electron chi connectivity index (χ4n) is 2.33. The highest BCUT2D eigenvalue weighted by atomic mass is 32.2. The van der Waals surface area contributed by atoms with Crippen LogP contribution in [-0.2, 0) is 16.6 Å². The smallest absolute Gasteiger partial charge is 0.240 e. The lowest BCUT2D eigenvalue weighted by Gasteiger charge is -2.14. The molecule has 0 amide bonds. The zero-order valence-corrected chi connectivity index (χ0v) is 14.1. The molecule has 0 unspecified atom stereocenters. The molecule has 0 atom stereocenters. The first-order valence-electron chi connectivity index (χ1n) is 7.66. The molecule has 2 N–H and O–H groups in total. The molecule has 2 aromatic carbocycles. The van der Waals surface area contributed by atoms with Crippen LogP contribution in [0.3, 0.4) is 0 Å². The molecule has 128 valence electrons. The number of sulfonamides is 1. The number of anilines is 1. The van der Waals surface area contributed by atoms with E-state index in [1.54, 1.807) is 18.2 Å². The molecule has 5 nitrogen and oxygen atoms in total. The predicted molar refractivity (Wildman–Crippen MR) is 90.1 cm³/mol. The Morgan fingerprint density at radius 1 is 1.21 bits per heavy atom. The molecule has 2 aromatic rings. The molecule has 0 spiro atoms. The maximum absolute atomic E-state index is 13.2. The lowest BCUT2D eigenvalue weighted by molar-refractivity contribution is 0.416. The van der Waals surface area contributed by atoms with Gasteiger partial charge >= 0.3 is 0 Å². The molecular formula is C17H19FN2O3S. The van der Waals surface area contributed by atoms with Gasteiger partial charge in [-0.3, -0.25) is 0 Å². The summed E-state index contributed by atoms with van der Waals surface area (Å²) in [7, 11) is -2.03. The van der Waals surface area contributed by atoms with Gasteiger partial charge in [0.05, 0.1) is 17.7 Å². The summed E-state index contributed by atoms with van der Waals surface area (Å²) >= 11 is 0. The topological polar surface area (TPSA) is 67.4 Å². The maximum Gasteiger partial charge on any atom is 0.240 e. The lowest BCUT2D eigenvalue weighted by atomic mass is 10.2. The number of hydrogen-bond acceptors (Lipinski definition) is 4. The molecule has 1 saturated carbocycles. The van der Waals surface area contributed by atoms with E-state index in [0.29, 0.717) is 18.0 Å². The van der Waals surface area contributed by atoms with Gasteiger partial charge in [0, 0.05) is 12.6 Å². The number of hydrogen-bond donors (Lipinski definition) is 2. The van der Waals surface area contributed by atoms with E-state index in [0.717, 1.165) is 18.4 Å². The van der Waals surface area contributed by atoms with Crippen LogP contribution in [-0.4, -0.2) is 21.6 Å². The average Bonchev–Trinajstić information content (AvgIpc) is 3.36. The number of nitrogens with one attached hydrogen (secondary N) is 2. The van der Waals surface area contributed by atoms with Gasteiger partial charge in [-0.15, -0.1) is 0 Å². The number of methoxy groups -OCH3 is 1. The van der Waals surface area contributed by atoms with Crippen molar-refractivity contribution in [3.8, 4) is 5.75 Å². The van der Waals surface area contributed by atoms with Crippen LogP contribution in [0, 0.1) is 5.82 Å². The Labute approximate surface area is 140 Å². The zero-order chi connectivity index (χ0) is 17.2. The van der Waals surface area contributed by atoms with E-state index in [9.17, 15) is 12.8 Å². The van der Waals surface area contributed by atoms with Crippen LogP contribution in [0.25, 0.3) is 0 Å². The summed E-state index contributed by atoms with van der Waals surface area (Å²) in [5, 5.41) is 3.11. The van der Waals surface area contributed by atoms with E-state index in [1.165, 1.54) is 31.4 Å². The van der Waals surface area contributed by atoms with E-state index in [1.807, 2.05) is 0 Å². The van der Waals surface area contributed by atoms with Crippen LogP contribution in [0.1, 0.15) is 18.4 Å². The van der Waals surface area contributed by atoms with Crippen LogP contribution in [0.4, 0.5) is 10.1 Å². The Balaban J connectivity index is 1.81. The van der Waals surface area contributed by atoms with E-state index in [-0.39, 0.29) is 16.8 Å². The fraction of sp³-hybridized carbons (Fsp3) is 0.294. The van der Waals surface area contributed by atoms with Crippen molar-refractivity contribution in [2.75, 3.05) is 12.4 Å². The minimum absolute atomic E-state index is 0.0424. The van der Waals surface area contributed by atoms with Crippen molar-refractivity contribution in [3.05, 3.63) is 53.8 Å². The number of ether oxygens (including phenoxy) is 1. The highest BCUT2D eigenvalue weighted by molar-refractivity contribution is 7.89. The van der Waals surface area contributed by atoms with Gasteiger partial charge in [-0.25, -0.2) is 17.5 Å². The normalized spacial score (nSPS) is 14.4. The van der Waals surface area contributed by atoms with Gasteiger partial charge in [-0.05, 0) is 48.7 Å². The molecular weight excluding hydrogens is 331 g/mol. The van der Waals surface area contributed by atoms with Crippen molar-refractivity contribution in [1.29, 1.82) is 0 Å². The Morgan fingerprint density at radius 3 is 2.67 bits per heavy atom. The SMILES string of the molecule is COc1ccc(S(=O)(=O)NC2CC2)cc1NCc1cccc(F)c1. The van der Waals surface area contributed by atoms with Gasteiger partial charge in [0.15, 0.2) is 0 Å². The molecule has 1 fully saturated rings. The van der Waals surface area contributed by atoms with Crippen molar-refractivity contribution >= 4 is 15.7 Å². The predicted octanol–water partition coefficient (Wildman–Crippen LogP) is 2.89. The van der Waals surface area contributed by atoms with Crippen molar-refractivity contribution in [3.63, 3.8) is 0 Å². The molecule has 3 rings (SSSR count). The molecule has 0 saturated heterocycles. The van der Waals surface area contributed by atoms with E-state index >= 15 is 0 Å². The monoisotopic (exact) mass is 350 g/mol. The van der Waals surface area contributed by atoms with E-state index in [4.69, 9.17) is 4.74 Å². The first-order valence-corrected chi connectivity index (χ1v) is 9.15. The highest BCUT2D eigenvalue weighted by Crippen LogP contribution is 2.29. The van der Waals surface area contributed by atoms with Crippen LogP contribution in [0.2, 0.25) is 0 Å². The lowest BCUT2D eigenvalue weighted by Crippen LogP contribution is -2.25. The van der Waals surface area contributed by atoms with E-state index < -0.39 is 10.0 Å². The Hall–Kier alpha value is -2.12. The second-order valence-corrected chi connectivity index (χ2v) is 7.46. The van der Waals surface area contributed by atoms with Crippen LogP contribution in [0.15, 0.2) is 47.4 Å². The summed E-state index contributed by atoms with van der Waals surface area (Å²) in [6.07, 6.45) is 1.75. The van der Waals surface area contributed by atoms with Crippen LogP contribution in [0.5, 0.6) is 5.75 Å². The Morgan fingerprint density at radius 2 is 2.00 bits per heavy atom. The first kappa shape index (κ1) is 16.7.